The molecule has 0 aromatic carbocycles. The van der Waals surface area contributed by atoms with Gasteiger partial charge in [0.15, 0.2) is 6.23 Å². The van der Waals surface area contributed by atoms with E-state index in [1.165, 1.54) is 6.20 Å². The number of alkyl halides is 3. The van der Waals surface area contributed by atoms with E-state index in [-0.39, 0.29) is 5.92 Å². The van der Waals surface area contributed by atoms with Crippen LogP contribution in [0.1, 0.15) is 19.3 Å². The van der Waals surface area contributed by atoms with Crippen molar-refractivity contribution in [2.75, 3.05) is 0 Å². The molecule has 112 valence electrons. The fourth-order valence-corrected chi connectivity index (χ4v) is 2.67. The smallest absolute Gasteiger partial charge is 0.362 e. The van der Waals surface area contributed by atoms with Gasteiger partial charge in [-0.1, -0.05) is 18.2 Å². The Balaban J connectivity index is 2.06. The van der Waals surface area contributed by atoms with Gasteiger partial charge < -0.3 is 5.32 Å². The van der Waals surface area contributed by atoms with Crippen molar-refractivity contribution < 1.29 is 25.8 Å². The Kier molecular flexibility index (Phi) is 4.24. The van der Waals surface area contributed by atoms with Crippen molar-refractivity contribution in [2.24, 2.45) is 5.92 Å². The first-order valence-corrected chi connectivity index (χ1v) is 7.46. The van der Waals surface area contributed by atoms with Crippen molar-refractivity contribution in [3.63, 3.8) is 0 Å². The van der Waals surface area contributed by atoms with Gasteiger partial charge in [-0.3, -0.25) is 0 Å². The molecule has 0 saturated carbocycles. The molecular weight excluding hydrogens is 295 g/mol. The lowest BCUT2D eigenvalue weighted by atomic mass is 9.95. The van der Waals surface area contributed by atoms with Gasteiger partial charge in [-0.05, 0) is 43.0 Å². The summed E-state index contributed by atoms with van der Waals surface area (Å²) in [7, 11) is -5.62. The zero-order valence-corrected chi connectivity index (χ0v) is 11.2. The highest BCUT2D eigenvalue weighted by molar-refractivity contribution is 7.87. The molecule has 0 saturated heterocycles. The molecule has 0 amide bonds. The molecule has 0 bridgehead atoms. The van der Waals surface area contributed by atoms with Crippen molar-refractivity contribution in [1.82, 2.24) is 5.32 Å². The summed E-state index contributed by atoms with van der Waals surface area (Å²) in [6, 6.07) is 0. The second kappa shape index (κ2) is 5.61. The third kappa shape index (κ3) is 3.43. The fraction of sp³-hybridized carbons (Fsp3) is 0.500. The van der Waals surface area contributed by atoms with E-state index < -0.39 is 21.9 Å². The van der Waals surface area contributed by atoms with Crippen molar-refractivity contribution >= 4 is 10.1 Å². The Morgan fingerprint density at radius 2 is 1.95 bits per heavy atom. The molecule has 1 N–H and O–H groups in total. The maximum Gasteiger partial charge on any atom is 0.523 e. The average Bonchev–Trinajstić information content (AvgIpc) is 2.82. The summed E-state index contributed by atoms with van der Waals surface area (Å²) in [5, 5.41) is 2.50. The molecule has 1 heterocycles. The van der Waals surface area contributed by atoms with Crippen LogP contribution in [0.25, 0.3) is 0 Å². The number of rotatable bonds is 4. The van der Waals surface area contributed by atoms with Crippen LogP contribution in [0.4, 0.5) is 13.2 Å². The molecule has 1 aliphatic heterocycles. The third-order valence-corrected chi connectivity index (χ3v) is 4.14. The third-order valence-electron chi connectivity index (χ3n) is 3.13. The van der Waals surface area contributed by atoms with Gasteiger partial charge in [0.25, 0.3) is 0 Å². The van der Waals surface area contributed by atoms with Crippen molar-refractivity contribution in [1.29, 1.82) is 0 Å². The van der Waals surface area contributed by atoms with Gasteiger partial charge >= 0.3 is 15.6 Å². The molecule has 0 spiro atoms. The Morgan fingerprint density at radius 3 is 2.55 bits per heavy atom. The number of halogens is 3. The topological polar surface area (TPSA) is 55.4 Å². The van der Waals surface area contributed by atoms with Gasteiger partial charge in [-0.15, -0.1) is 0 Å². The van der Waals surface area contributed by atoms with Crippen LogP contribution in [0.3, 0.4) is 0 Å². The molecule has 0 aromatic rings. The number of hydrogen-bond acceptors (Lipinski definition) is 4. The van der Waals surface area contributed by atoms with Crippen LogP contribution >= 0.6 is 0 Å². The largest absolute Gasteiger partial charge is 0.523 e. The number of allylic oxidation sites excluding steroid dienone is 4. The first-order valence-electron chi connectivity index (χ1n) is 6.06. The van der Waals surface area contributed by atoms with Crippen molar-refractivity contribution in [2.45, 2.75) is 31.0 Å². The predicted molar refractivity (Wildman–Crippen MR) is 66.7 cm³/mol. The van der Waals surface area contributed by atoms with Gasteiger partial charge in [-0.25, -0.2) is 4.18 Å². The van der Waals surface area contributed by atoms with E-state index in [1.54, 1.807) is 12.2 Å². The molecular formula is C12H14F3NO3S. The number of hydrogen-bond donors (Lipinski definition) is 1. The highest BCUT2D eigenvalue weighted by atomic mass is 32.2. The molecule has 1 unspecified atom stereocenters. The van der Waals surface area contributed by atoms with E-state index in [0.29, 0.717) is 12.0 Å². The monoisotopic (exact) mass is 309 g/mol. The Labute approximate surface area is 115 Å². The second-order valence-electron chi connectivity index (χ2n) is 4.66. The van der Waals surface area contributed by atoms with E-state index in [9.17, 15) is 21.6 Å². The molecule has 2 rings (SSSR count). The molecule has 1 aliphatic carbocycles. The summed E-state index contributed by atoms with van der Waals surface area (Å²) in [4.78, 5) is 0. The first kappa shape index (κ1) is 15.1. The van der Waals surface area contributed by atoms with Gasteiger partial charge in [0.2, 0.25) is 0 Å². The summed E-state index contributed by atoms with van der Waals surface area (Å²) < 4.78 is 63.4. The molecule has 0 fully saturated rings. The summed E-state index contributed by atoms with van der Waals surface area (Å²) in [6.07, 6.45) is 9.41. The van der Waals surface area contributed by atoms with Gasteiger partial charge in [-0.2, -0.15) is 21.6 Å². The average molecular weight is 309 g/mol. The lowest BCUT2D eigenvalue weighted by Gasteiger charge is -2.25. The zero-order chi connectivity index (χ0) is 14.8. The van der Waals surface area contributed by atoms with Gasteiger partial charge in [0, 0.05) is 0 Å². The molecule has 0 radical (unpaired) electrons. The number of nitrogens with one attached hydrogen (secondary N) is 1. The lowest BCUT2D eigenvalue weighted by molar-refractivity contribution is -0.0570. The second-order valence-corrected chi connectivity index (χ2v) is 6.22. The maximum absolute atomic E-state index is 12.3. The molecule has 4 nitrogen and oxygen atoms in total. The standard InChI is InChI=1S/C12H14F3NO3S/c13-12(14,15)20(17,18)19-11-10(6-3-7-16-11)8-9-4-1-2-5-9/h1-3,6-7,9,11,16H,4-5,8H2. The highest BCUT2D eigenvalue weighted by Gasteiger charge is 2.49. The normalized spacial score (nSPS) is 23.8. The van der Waals surface area contributed by atoms with Gasteiger partial charge in [0.05, 0.1) is 0 Å². The van der Waals surface area contributed by atoms with Crippen molar-refractivity contribution in [3.05, 3.63) is 36.1 Å². The minimum absolute atomic E-state index is 0.272. The fourth-order valence-electron chi connectivity index (χ4n) is 2.13. The van der Waals surface area contributed by atoms with E-state index in [0.717, 1.165) is 12.8 Å². The van der Waals surface area contributed by atoms with E-state index >= 15 is 0 Å². The molecule has 20 heavy (non-hydrogen) atoms. The van der Waals surface area contributed by atoms with E-state index in [2.05, 4.69) is 9.50 Å². The highest BCUT2D eigenvalue weighted by Crippen LogP contribution is 2.31. The van der Waals surface area contributed by atoms with Crippen LogP contribution in [0.15, 0.2) is 36.1 Å². The predicted octanol–water partition coefficient (Wildman–Crippen LogP) is 2.58. The lowest BCUT2D eigenvalue weighted by Crippen LogP contribution is -2.38. The van der Waals surface area contributed by atoms with Crippen LogP contribution in [0.2, 0.25) is 0 Å². The number of dihydropyridines is 1. The molecule has 1 atom stereocenters. The quantitative estimate of drug-likeness (QED) is 0.493. The zero-order valence-electron chi connectivity index (χ0n) is 10.4. The Bertz CT molecular complexity index is 541. The molecule has 8 heteroatoms. The Hall–Kier alpha value is -1.28. The molecule has 2 aliphatic rings. The minimum atomic E-state index is -5.62. The van der Waals surface area contributed by atoms with E-state index in [4.69, 9.17) is 0 Å². The van der Waals surface area contributed by atoms with Gasteiger partial charge in [0.1, 0.15) is 0 Å². The summed E-state index contributed by atoms with van der Waals surface area (Å²) in [6.45, 7) is 0. The van der Waals surface area contributed by atoms with Crippen LogP contribution in [-0.4, -0.2) is 20.2 Å². The van der Waals surface area contributed by atoms with Crippen LogP contribution in [0, 0.1) is 5.92 Å². The molecule has 0 aromatic heterocycles. The summed E-state index contributed by atoms with van der Waals surface area (Å²) in [5.74, 6) is 0.272. The van der Waals surface area contributed by atoms with Crippen molar-refractivity contribution in [3.8, 4) is 0 Å². The minimum Gasteiger partial charge on any atom is -0.362 e. The Morgan fingerprint density at radius 1 is 1.30 bits per heavy atom. The maximum atomic E-state index is 12.3. The first-order chi connectivity index (χ1) is 9.29. The summed E-state index contributed by atoms with van der Waals surface area (Å²) in [5.41, 5.74) is -4.93. The van der Waals surface area contributed by atoms with Crippen LogP contribution in [0.5, 0.6) is 0 Å². The SMILES string of the molecule is O=S(=O)(OC1NC=CC=C1CC1CC=CC1)C(F)(F)F. The van der Waals surface area contributed by atoms with Crippen LogP contribution in [-0.2, 0) is 14.3 Å². The summed E-state index contributed by atoms with van der Waals surface area (Å²) >= 11 is 0. The van der Waals surface area contributed by atoms with Crippen LogP contribution < -0.4 is 5.32 Å². The van der Waals surface area contributed by atoms with E-state index in [1.807, 2.05) is 12.2 Å².